The van der Waals surface area contributed by atoms with Crippen molar-refractivity contribution >= 4 is 11.8 Å². The molecule has 0 aliphatic rings. The molecule has 0 bridgehead atoms. The molecule has 1 aromatic rings. The van der Waals surface area contributed by atoms with E-state index in [1.807, 2.05) is 6.92 Å². The van der Waals surface area contributed by atoms with E-state index in [0.717, 1.165) is 24.6 Å². The maximum Gasteiger partial charge on any atom is 0.251 e. The summed E-state index contributed by atoms with van der Waals surface area (Å²) in [7, 11) is 0. The minimum Gasteiger partial charge on any atom is -0.355 e. The molecule has 2 N–H and O–H groups in total. The Balaban J connectivity index is 2.50. The molecule has 1 rings (SSSR count). The molecular formula is C12H14F2N2O2. The number of rotatable bonds is 5. The molecule has 2 amide bonds. The molecule has 6 heteroatoms. The summed E-state index contributed by atoms with van der Waals surface area (Å²) in [4.78, 5) is 22.7. The van der Waals surface area contributed by atoms with Crippen LogP contribution in [0.1, 0.15) is 23.7 Å². The lowest BCUT2D eigenvalue weighted by Crippen LogP contribution is -2.37. The van der Waals surface area contributed by atoms with Gasteiger partial charge in [0.05, 0.1) is 6.54 Å². The molecule has 0 spiro atoms. The zero-order chi connectivity index (χ0) is 13.5. The van der Waals surface area contributed by atoms with Crippen molar-refractivity contribution < 1.29 is 18.4 Å². The molecule has 0 aliphatic carbocycles. The zero-order valence-electron chi connectivity index (χ0n) is 9.93. The van der Waals surface area contributed by atoms with Gasteiger partial charge in [-0.2, -0.15) is 0 Å². The van der Waals surface area contributed by atoms with E-state index in [2.05, 4.69) is 10.6 Å². The number of benzene rings is 1. The number of halogens is 2. The smallest absolute Gasteiger partial charge is 0.251 e. The highest BCUT2D eigenvalue weighted by Gasteiger charge is 2.10. The third kappa shape index (κ3) is 4.12. The Morgan fingerprint density at radius 1 is 1.17 bits per heavy atom. The van der Waals surface area contributed by atoms with Crippen LogP contribution >= 0.6 is 0 Å². The predicted molar refractivity (Wildman–Crippen MR) is 62.0 cm³/mol. The second-order valence-corrected chi connectivity index (χ2v) is 3.66. The molecule has 1 aromatic carbocycles. The molecule has 0 atom stereocenters. The third-order valence-electron chi connectivity index (χ3n) is 2.16. The minimum atomic E-state index is -1.10. The van der Waals surface area contributed by atoms with Gasteiger partial charge < -0.3 is 10.6 Å². The first-order valence-corrected chi connectivity index (χ1v) is 5.54. The van der Waals surface area contributed by atoms with Crippen LogP contribution in [0.4, 0.5) is 8.78 Å². The normalized spacial score (nSPS) is 9.94. The molecule has 0 heterocycles. The molecule has 98 valence electrons. The SMILES string of the molecule is CCCNC(=O)CNC(=O)c1ccc(F)c(F)c1. The first kappa shape index (κ1) is 14.1. The van der Waals surface area contributed by atoms with Gasteiger partial charge in [0.25, 0.3) is 5.91 Å². The highest BCUT2D eigenvalue weighted by molar-refractivity contribution is 5.96. The Morgan fingerprint density at radius 2 is 1.89 bits per heavy atom. The number of amides is 2. The molecule has 18 heavy (non-hydrogen) atoms. The van der Waals surface area contributed by atoms with Crippen LogP contribution in [0.5, 0.6) is 0 Å². The van der Waals surface area contributed by atoms with Gasteiger partial charge >= 0.3 is 0 Å². The van der Waals surface area contributed by atoms with Crippen LogP contribution in [-0.4, -0.2) is 24.9 Å². The lowest BCUT2D eigenvalue weighted by molar-refractivity contribution is -0.120. The maximum atomic E-state index is 12.9. The fourth-order valence-electron chi connectivity index (χ4n) is 1.23. The fraction of sp³-hybridized carbons (Fsp3) is 0.333. The summed E-state index contributed by atoms with van der Waals surface area (Å²) in [5, 5.41) is 4.89. The zero-order valence-corrected chi connectivity index (χ0v) is 9.93. The van der Waals surface area contributed by atoms with Crippen LogP contribution in [0.3, 0.4) is 0 Å². The van der Waals surface area contributed by atoms with Crippen molar-refractivity contribution in [1.29, 1.82) is 0 Å². The lowest BCUT2D eigenvalue weighted by atomic mass is 10.2. The first-order valence-electron chi connectivity index (χ1n) is 5.54. The van der Waals surface area contributed by atoms with Crippen molar-refractivity contribution in [3.05, 3.63) is 35.4 Å². The van der Waals surface area contributed by atoms with E-state index in [0.29, 0.717) is 6.54 Å². The Bertz CT molecular complexity index is 450. The van der Waals surface area contributed by atoms with E-state index in [1.165, 1.54) is 0 Å². The van der Waals surface area contributed by atoms with E-state index >= 15 is 0 Å². The highest BCUT2D eigenvalue weighted by Crippen LogP contribution is 2.08. The van der Waals surface area contributed by atoms with E-state index in [9.17, 15) is 18.4 Å². The van der Waals surface area contributed by atoms with Crippen molar-refractivity contribution in [1.82, 2.24) is 10.6 Å². The molecule has 0 radical (unpaired) electrons. The van der Waals surface area contributed by atoms with Crippen LogP contribution < -0.4 is 10.6 Å². The van der Waals surface area contributed by atoms with Gasteiger partial charge in [-0.15, -0.1) is 0 Å². The lowest BCUT2D eigenvalue weighted by Gasteiger charge is -2.06. The van der Waals surface area contributed by atoms with Gasteiger partial charge in [-0.3, -0.25) is 9.59 Å². The van der Waals surface area contributed by atoms with Gasteiger partial charge in [-0.05, 0) is 24.6 Å². The topological polar surface area (TPSA) is 58.2 Å². The molecule has 0 unspecified atom stereocenters. The van der Waals surface area contributed by atoms with Crippen molar-refractivity contribution in [2.45, 2.75) is 13.3 Å². The van der Waals surface area contributed by atoms with Crippen molar-refractivity contribution in [3.8, 4) is 0 Å². The average Bonchev–Trinajstić information content (AvgIpc) is 2.36. The third-order valence-corrected chi connectivity index (χ3v) is 2.16. The first-order chi connectivity index (χ1) is 8.54. The van der Waals surface area contributed by atoms with Gasteiger partial charge in [0.1, 0.15) is 0 Å². The van der Waals surface area contributed by atoms with Gasteiger partial charge in [0.15, 0.2) is 11.6 Å². The number of carbonyl (C=O) groups is 2. The average molecular weight is 256 g/mol. The summed E-state index contributed by atoms with van der Waals surface area (Å²) >= 11 is 0. The van der Waals surface area contributed by atoms with Gasteiger partial charge in [0.2, 0.25) is 5.91 Å². The summed E-state index contributed by atoms with van der Waals surface area (Å²) in [6.07, 6.45) is 0.795. The van der Waals surface area contributed by atoms with Gasteiger partial charge in [0, 0.05) is 12.1 Å². The second kappa shape index (κ2) is 6.68. The fourth-order valence-corrected chi connectivity index (χ4v) is 1.23. The van der Waals surface area contributed by atoms with E-state index in [4.69, 9.17) is 0 Å². The molecule has 0 fully saturated rings. The standard InChI is InChI=1S/C12H14F2N2O2/c1-2-5-15-11(17)7-16-12(18)8-3-4-9(13)10(14)6-8/h3-4,6H,2,5,7H2,1H3,(H,15,17)(H,16,18). The molecule has 0 saturated carbocycles. The second-order valence-electron chi connectivity index (χ2n) is 3.66. The minimum absolute atomic E-state index is 0.0304. The summed E-state index contributed by atoms with van der Waals surface area (Å²) < 4.78 is 25.5. The summed E-state index contributed by atoms with van der Waals surface area (Å²) in [5.41, 5.74) is -0.0304. The van der Waals surface area contributed by atoms with Crippen molar-refractivity contribution in [2.24, 2.45) is 0 Å². The molecule has 0 aliphatic heterocycles. The van der Waals surface area contributed by atoms with E-state index in [1.54, 1.807) is 0 Å². The summed E-state index contributed by atoms with van der Waals surface area (Å²) in [5.74, 6) is -3.07. The number of hydrogen-bond acceptors (Lipinski definition) is 2. The number of hydrogen-bond donors (Lipinski definition) is 2. The van der Waals surface area contributed by atoms with Crippen LogP contribution in [0.2, 0.25) is 0 Å². The largest absolute Gasteiger partial charge is 0.355 e. The number of carbonyl (C=O) groups excluding carboxylic acids is 2. The summed E-state index contributed by atoms with van der Waals surface area (Å²) in [6.45, 7) is 2.23. The molecule has 4 nitrogen and oxygen atoms in total. The van der Waals surface area contributed by atoms with Crippen molar-refractivity contribution in [2.75, 3.05) is 13.1 Å². The Kier molecular flexibility index (Phi) is 5.23. The molecular weight excluding hydrogens is 242 g/mol. The van der Waals surface area contributed by atoms with E-state index in [-0.39, 0.29) is 18.0 Å². The van der Waals surface area contributed by atoms with Crippen LogP contribution in [0, 0.1) is 11.6 Å². The monoisotopic (exact) mass is 256 g/mol. The Hall–Kier alpha value is -1.98. The highest BCUT2D eigenvalue weighted by atomic mass is 19.2. The van der Waals surface area contributed by atoms with Crippen molar-refractivity contribution in [3.63, 3.8) is 0 Å². The quantitative estimate of drug-likeness (QED) is 0.832. The van der Waals surface area contributed by atoms with Crippen LogP contribution in [-0.2, 0) is 4.79 Å². The summed E-state index contributed by atoms with van der Waals surface area (Å²) in [6, 6.07) is 2.80. The molecule has 0 saturated heterocycles. The van der Waals surface area contributed by atoms with Gasteiger partial charge in [-0.1, -0.05) is 6.92 Å². The maximum absolute atomic E-state index is 12.9. The predicted octanol–water partition coefficient (Wildman–Crippen LogP) is 1.22. The molecule has 0 aromatic heterocycles. The van der Waals surface area contributed by atoms with E-state index < -0.39 is 17.5 Å². The van der Waals surface area contributed by atoms with Gasteiger partial charge in [-0.25, -0.2) is 8.78 Å². The number of nitrogens with one attached hydrogen (secondary N) is 2. The Labute approximate surface area is 103 Å². The van der Waals surface area contributed by atoms with Crippen LogP contribution in [0.15, 0.2) is 18.2 Å². The van der Waals surface area contributed by atoms with Crippen LogP contribution in [0.25, 0.3) is 0 Å². The Morgan fingerprint density at radius 3 is 2.50 bits per heavy atom.